The van der Waals surface area contributed by atoms with Gasteiger partial charge >= 0.3 is 18.3 Å². The van der Waals surface area contributed by atoms with Crippen LogP contribution in [-0.2, 0) is 28.2 Å². The number of alkyl halides is 6. The van der Waals surface area contributed by atoms with E-state index in [-0.39, 0.29) is 25.7 Å². The highest BCUT2D eigenvalue weighted by atomic mass is 19.4. The molecule has 0 bridgehead atoms. The number of piperazine rings is 1. The summed E-state index contributed by atoms with van der Waals surface area (Å²) in [5.74, 6) is -0.420. The van der Waals surface area contributed by atoms with Gasteiger partial charge in [0.25, 0.3) is 5.60 Å². The molecule has 13 heteroatoms. The van der Waals surface area contributed by atoms with Crippen molar-refractivity contribution in [3.63, 3.8) is 0 Å². The van der Waals surface area contributed by atoms with Gasteiger partial charge in [-0.3, -0.25) is 19.6 Å². The van der Waals surface area contributed by atoms with Gasteiger partial charge in [0.2, 0.25) is 0 Å². The van der Waals surface area contributed by atoms with Gasteiger partial charge in [0.05, 0.1) is 13.0 Å². The first kappa shape index (κ1) is 32.4. The molecular formula is C30H31F6N3O4. The fourth-order valence-electron chi connectivity index (χ4n) is 5.09. The zero-order valence-corrected chi connectivity index (χ0v) is 23.0. The molecule has 0 saturated carbocycles. The molecule has 1 saturated heterocycles. The fraction of sp³-hybridized carbons (Fsp3) is 0.400. The summed E-state index contributed by atoms with van der Waals surface area (Å²) in [6.07, 6.45) is -8.34. The van der Waals surface area contributed by atoms with Crippen LogP contribution in [0.4, 0.5) is 26.3 Å². The topological polar surface area (TPSA) is 86.1 Å². The van der Waals surface area contributed by atoms with Crippen LogP contribution in [0.15, 0.2) is 73.1 Å². The van der Waals surface area contributed by atoms with E-state index in [4.69, 9.17) is 9.84 Å². The number of aliphatic hydroxyl groups is 2. The molecule has 0 radical (unpaired) electrons. The molecule has 0 spiro atoms. The summed E-state index contributed by atoms with van der Waals surface area (Å²) in [7, 11) is 0. The molecule has 1 aliphatic rings. The van der Waals surface area contributed by atoms with Gasteiger partial charge in [-0.2, -0.15) is 26.3 Å². The normalized spacial score (nSPS) is 17.2. The Morgan fingerprint density at radius 2 is 1.40 bits per heavy atom. The molecule has 2 aromatic carbocycles. The van der Waals surface area contributed by atoms with Crippen LogP contribution < -0.4 is 0 Å². The second kappa shape index (κ2) is 13.4. The average molecular weight is 612 g/mol. The Morgan fingerprint density at radius 3 is 1.95 bits per heavy atom. The maximum atomic E-state index is 13.2. The Bertz CT molecular complexity index is 1320. The van der Waals surface area contributed by atoms with E-state index < -0.39 is 29.5 Å². The van der Waals surface area contributed by atoms with Gasteiger partial charge in [0, 0.05) is 56.7 Å². The quantitative estimate of drug-likeness (QED) is 0.255. The Kier molecular flexibility index (Phi) is 10.1. The smallest absolute Gasteiger partial charge is 0.430 e. The lowest BCUT2D eigenvalue weighted by Crippen LogP contribution is -2.53. The maximum Gasteiger partial charge on any atom is 0.430 e. The van der Waals surface area contributed by atoms with E-state index in [9.17, 15) is 36.2 Å². The molecule has 1 fully saturated rings. The zero-order valence-electron chi connectivity index (χ0n) is 23.0. The number of benzene rings is 2. The van der Waals surface area contributed by atoms with Gasteiger partial charge in [0.1, 0.15) is 6.61 Å². The first-order valence-corrected chi connectivity index (χ1v) is 13.5. The van der Waals surface area contributed by atoms with Crippen LogP contribution in [0.1, 0.15) is 23.1 Å². The number of nitrogens with zero attached hydrogens (tertiary/aromatic N) is 3. The molecule has 2 N–H and O–H groups in total. The average Bonchev–Trinajstić information content (AvgIpc) is 2.97. The van der Waals surface area contributed by atoms with E-state index in [0.29, 0.717) is 49.4 Å². The van der Waals surface area contributed by atoms with Crippen molar-refractivity contribution in [2.24, 2.45) is 0 Å². The summed E-state index contributed by atoms with van der Waals surface area (Å²) < 4.78 is 84.3. The summed E-state index contributed by atoms with van der Waals surface area (Å²) in [6.45, 7) is 2.84. The van der Waals surface area contributed by atoms with Crippen molar-refractivity contribution in [3.05, 3.63) is 89.7 Å². The lowest BCUT2D eigenvalue weighted by molar-refractivity contribution is -0.376. The van der Waals surface area contributed by atoms with E-state index >= 15 is 0 Å². The van der Waals surface area contributed by atoms with Crippen molar-refractivity contribution in [2.45, 2.75) is 43.5 Å². The number of hydrogen-bond acceptors (Lipinski definition) is 7. The van der Waals surface area contributed by atoms with E-state index in [1.165, 1.54) is 0 Å². The number of hydrogen-bond donors (Lipinski definition) is 2. The van der Waals surface area contributed by atoms with Crippen LogP contribution >= 0.6 is 0 Å². The molecular weight excluding hydrogens is 580 g/mol. The van der Waals surface area contributed by atoms with Crippen molar-refractivity contribution >= 4 is 5.97 Å². The number of pyridine rings is 1. The number of rotatable bonds is 10. The Labute approximate surface area is 244 Å². The van der Waals surface area contributed by atoms with Crippen molar-refractivity contribution in [1.82, 2.24) is 14.8 Å². The largest absolute Gasteiger partial charge is 0.463 e. The SMILES string of the molecule is O=C(CC1CN(Cc2ccncc2)CCN1Cc1ccc(-c2ccc(C(O)(C(F)(F)F)C(F)(F)F)cc2)cc1)OCCO. The third kappa shape index (κ3) is 7.71. The third-order valence-electron chi connectivity index (χ3n) is 7.40. The van der Waals surface area contributed by atoms with Gasteiger partial charge in [-0.15, -0.1) is 0 Å². The zero-order chi connectivity index (χ0) is 31.3. The molecule has 2 heterocycles. The minimum Gasteiger partial charge on any atom is -0.463 e. The number of aromatic nitrogens is 1. The van der Waals surface area contributed by atoms with Crippen molar-refractivity contribution in [1.29, 1.82) is 0 Å². The molecule has 0 aliphatic carbocycles. The lowest BCUT2D eigenvalue weighted by Gasteiger charge is -2.41. The van der Waals surface area contributed by atoms with Crippen LogP contribution in [0, 0.1) is 0 Å². The predicted octanol–water partition coefficient (Wildman–Crippen LogP) is 4.67. The van der Waals surface area contributed by atoms with Crippen molar-refractivity contribution in [3.8, 4) is 11.1 Å². The summed E-state index contributed by atoms with van der Waals surface area (Å²) in [5, 5.41) is 18.6. The molecule has 3 aromatic rings. The molecule has 4 rings (SSSR count). The maximum absolute atomic E-state index is 13.2. The number of aliphatic hydroxyl groups excluding tert-OH is 1. The highest BCUT2D eigenvalue weighted by Gasteiger charge is 2.71. The Morgan fingerprint density at radius 1 is 0.837 bits per heavy atom. The molecule has 232 valence electrons. The molecule has 0 amide bonds. The Hall–Kier alpha value is -3.52. The van der Waals surface area contributed by atoms with Crippen LogP contribution in [0.5, 0.6) is 0 Å². The van der Waals surface area contributed by atoms with Gasteiger partial charge in [-0.05, 0) is 34.4 Å². The summed E-state index contributed by atoms with van der Waals surface area (Å²) in [5.41, 5.74) is -3.39. The van der Waals surface area contributed by atoms with E-state index in [1.807, 2.05) is 12.1 Å². The number of esters is 1. The minimum atomic E-state index is -5.95. The Balaban J connectivity index is 1.46. The minimum absolute atomic E-state index is 0.0829. The fourth-order valence-corrected chi connectivity index (χ4v) is 5.09. The lowest BCUT2D eigenvalue weighted by atomic mass is 9.90. The second-order valence-electron chi connectivity index (χ2n) is 10.3. The summed E-state index contributed by atoms with van der Waals surface area (Å²) in [6, 6.07) is 14.1. The van der Waals surface area contributed by atoms with Crippen LogP contribution in [0.3, 0.4) is 0 Å². The number of ether oxygens (including phenoxy) is 1. The van der Waals surface area contributed by atoms with Gasteiger partial charge in [-0.1, -0.05) is 48.5 Å². The van der Waals surface area contributed by atoms with Crippen LogP contribution in [0.2, 0.25) is 0 Å². The predicted molar refractivity (Wildman–Crippen MR) is 144 cm³/mol. The highest BCUT2D eigenvalue weighted by molar-refractivity contribution is 5.70. The third-order valence-corrected chi connectivity index (χ3v) is 7.40. The van der Waals surface area contributed by atoms with Crippen molar-refractivity contribution in [2.75, 3.05) is 32.8 Å². The van der Waals surface area contributed by atoms with E-state index in [1.54, 1.807) is 36.7 Å². The second-order valence-corrected chi connectivity index (χ2v) is 10.3. The number of halogens is 6. The molecule has 1 atom stereocenters. The monoisotopic (exact) mass is 611 g/mol. The van der Waals surface area contributed by atoms with Crippen LogP contribution in [-0.4, -0.2) is 82.2 Å². The van der Waals surface area contributed by atoms with Crippen molar-refractivity contribution < 1.29 is 46.1 Å². The molecule has 1 aromatic heterocycles. The first-order chi connectivity index (χ1) is 20.3. The molecule has 1 aliphatic heterocycles. The highest BCUT2D eigenvalue weighted by Crippen LogP contribution is 2.50. The number of carbonyl (C=O) groups is 1. The number of carbonyl (C=O) groups excluding carboxylic acids is 1. The first-order valence-electron chi connectivity index (χ1n) is 13.5. The van der Waals surface area contributed by atoms with Crippen LogP contribution in [0.25, 0.3) is 11.1 Å². The standard InChI is InChI=1S/C30H31F6N3O4/c31-29(32,33)28(42,30(34,35)36)25-7-5-24(6-8-25)23-3-1-21(2-4-23)19-39-14-13-38(18-22-9-11-37-12-10-22)20-26(39)17-27(41)43-16-15-40/h1-12,26,40,42H,13-20H2. The summed E-state index contributed by atoms with van der Waals surface area (Å²) in [4.78, 5) is 20.8. The van der Waals surface area contributed by atoms with E-state index in [0.717, 1.165) is 29.8 Å². The molecule has 1 unspecified atom stereocenters. The van der Waals surface area contributed by atoms with Gasteiger partial charge < -0.3 is 14.9 Å². The van der Waals surface area contributed by atoms with Gasteiger partial charge in [0.15, 0.2) is 0 Å². The van der Waals surface area contributed by atoms with E-state index in [2.05, 4.69) is 14.8 Å². The summed E-state index contributed by atoms with van der Waals surface area (Å²) >= 11 is 0. The molecule has 43 heavy (non-hydrogen) atoms. The molecule has 7 nitrogen and oxygen atoms in total. The van der Waals surface area contributed by atoms with Gasteiger partial charge in [-0.25, -0.2) is 0 Å².